The summed E-state index contributed by atoms with van der Waals surface area (Å²) in [4.78, 5) is 195. The quantitative estimate of drug-likeness (QED) is 0.00743. The molecule has 0 saturated heterocycles. The third kappa shape index (κ3) is 34.5. The molecule has 2 atom stereocenters. The van der Waals surface area contributed by atoms with E-state index in [-0.39, 0.29) is 149 Å². The van der Waals surface area contributed by atoms with Crippen LogP contribution in [0, 0.1) is 43.5 Å². The summed E-state index contributed by atoms with van der Waals surface area (Å²) in [5.41, 5.74) is 11.6. The molecule has 145 heavy (non-hydrogen) atoms. The van der Waals surface area contributed by atoms with E-state index in [0.717, 1.165) is 67.3 Å². The van der Waals surface area contributed by atoms with Gasteiger partial charge >= 0.3 is 59.1 Å². The van der Waals surface area contributed by atoms with Crippen molar-refractivity contribution in [2.75, 3.05) is 75.5 Å². The number of nitro groups is 2. The van der Waals surface area contributed by atoms with E-state index >= 15 is 0 Å². The van der Waals surface area contributed by atoms with Crippen molar-refractivity contribution >= 4 is 106 Å². The van der Waals surface area contributed by atoms with Gasteiger partial charge in [-0.1, -0.05) is 23.7 Å². The summed E-state index contributed by atoms with van der Waals surface area (Å²) in [7, 11) is 12.2. The van der Waals surface area contributed by atoms with Gasteiger partial charge in [0.2, 0.25) is 17.1 Å². The molecule has 2 aliphatic rings. The highest BCUT2D eigenvalue weighted by molar-refractivity contribution is 6.33. The molecule has 4 aromatic carbocycles. The number of ether oxygens (including phenoxy) is 12. The first-order chi connectivity index (χ1) is 68.4. The van der Waals surface area contributed by atoms with Gasteiger partial charge < -0.3 is 78.1 Å². The van der Waals surface area contributed by atoms with E-state index < -0.39 is 104 Å². The second-order valence-corrected chi connectivity index (χ2v) is 33.4. The van der Waals surface area contributed by atoms with E-state index in [2.05, 4.69) is 93.5 Å². The number of benzene rings is 4. The monoisotopic (exact) mass is 2060 g/mol. The van der Waals surface area contributed by atoms with E-state index in [0.29, 0.717) is 57.1 Å². The maximum atomic E-state index is 14.7. The number of halogens is 6. The van der Waals surface area contributed by atoms with E-state index in [1.165, 1.54) is 96.9 Å². The summed E-state index contributed by atoms with van der Waals surface area (Å²) in [5.74, 6) is -9.69. The second kappa shape index (κ2) is 53.1. The molecule has 0 bridgehead atoms. The topological polar surface area (TPSA) is 607 Å². The molecule has 13 rings (SSSR count). The van der Waals surface area contributed by atoms with Crippen molar-refractivity contribution in [1.29, 1.82) is 0 Å². The molecule has 2 unspecified atom stereocenters. The molecule has 2 amide bonds. The standard InChI is InChI=1S/C29H25F2N5O5.C21H16ClF2N3O3.C12H15N3O6.C12H17N3O4.C8H14O4.C7H9N3O2.C4H2ClN3O2/c1-39-18-8-7-17(23(10-18)40-2)14-36-15-22-27(29(36)38)21(9-16-12-32-24(33-13-16)11-25(37)41-3)34-28(35-22)26-19(30)5-4-6-20(26)31;1-29-12-7-6-11(16(8-12)30-2)9-27-10-15-18(21(27)28)19(22)26-20(25-15)17-13(23)4-3-5-14(17)24;1-12(2,3)21-11(17)8(10(16)20-4)9-13-5-7(6-14-9)15(18)19;1-12(2,3)19-11(17)8(10(16)18-4)9-14-5-7(13)6-15-9;1-8(2,3)12-7(10)5-6(9)11-4;1-12-7(11)2-6-9-3-5(8)4-10-6;5-4-6-1-3(2-7-4)8(9)10/h4-8,10,12-13H,9,11,14-15H2,1-3H3;3-8H,9-10H2,1-2H3;5-6,8H,1-4H3;5-6,8H,13H2,1-4H3;5H2,1-4H3;3-4H,2,8H2,1H3;1-2H. The molecular formula is C93H98Cl2F4N20O26. The zero-order valence-corrected chi connectivity index (χ0v) is 82.6. The lowest BCUT2D eigenvalue weighted by Gasteiger charge is -2.22. The van der Waals surface area contributed by atoms with Crippen molar-refractivity contribution in [1.82, 2.24) is 79.6 Å². The minimum Gasteiger partial charge on any atom is -0.497 e. The summed E-state index contributed by atoms with van der Waals surface area (Å²) >= 11 is 11.5. The number of fused-ring (bicyclic) bond motifs is 2. The molecule has 52 heteroatoms. The number of carbonyl (C=O) groups is 10. The Bertz CT molecular complexity index is 6440. The fraction of sp³-hybridized carbons (Fsp3) is 0.333. The molecule has 4 N–H and O–H groups in total. The highest BCUT2D eigenvalue weighted by Gasteiger charge is 2.40. The second-order valence-electron chi connectivity index (χ2n) is 32.7. The van der Waals surface area contributed by atoms with E-state index in [1.807, 2.05) is 0 Å². The number of rotatable bonds is 26. The van der Waals surface area contributed by atoms with Gasteiger partial charge in [-0.3, -0.25) is 68.2 Å². The lowest BCUT2D eigenvalue weighted by molar-refractivity contribution is -0.385. The van der Waals surface area contributed by atoms with Crippen molar-refractivity contribution < 1.29 is 132 Å². The van der Waals surface area contributed by atoms with Crippen LogP contribution in [-0.2, 0) is 122 Å². The number of hydrogen-bond donors (Lipinski definition) is 2. The van der Waals surface area contributed by atoms with Crippen LogP contribution in [0.1, 0.15) is 158 Å². The Labute approximate surface area is 834 Å². The average Bonchev–Trinajstić information content (AvgIpc) is 1.62. The Morgan fingerprint density at radius 3 is 1.15 bits per heavy atom. The van der Waals surface area contributed by atoms with Gasteiger partial charge in [-0.15, -0.1) is 0 Å². The van der Waals surface area contributed by atoms with Crippen LogP contribution in [0.5, 0.6) is 23.0 Å². The van der Waals surface area contributed by atoms with Crippen LogP contribution in [-0.4, -0.2) is 230 Å². The van der Waals surface area contributed by atoms with E-state index in [4.69, 9.17) is 67.8 Å². The normalized spacial score (nSPS) is 11.9. The van der Waals surface area contributed by atoms with Crippen LogP contribution in [0.4, 0.5) is 40.3 Å². The summed E-state index contributed by atoms with van der Waals surface area (Å²) in [6.07, 6.45) is 12.2. The number of methoxy groups -OCH3 is 9. The molecule has 0 fully saturated rings. The minimum absolute atomic E-state index is 0.00435. The predicted octanol–water partition coefficient (Wildman–Crippen LogP) is 11.3. The highest BCUT2D eigenvalue weighted by atomic mass is 35.5. The number of nitrogens with two attached hydrogens (primary N) is 2. The number of amides is 2. The SMILES string of the molecule is COC(=O)C(C(=O)OC(C)(C)C)c1ncc(N)cn1.COC(=O)C(C(=O)OC(C)(C)C)c1ncc([N+](=O)[O-])cn1.COC(=O)CC(=O)OC(C)(C)C.COC(=O)Cc1ncc(Cc2nc(-c3c(F)cccc3F)nc3c2C(=O)N(Cc2ccc(OC)cc2OC)C3)cn1.COC(=O)Cc1ncc(N)cn1.COc1ccc(CN2Cc3nc(-c4c(F)cccc4F)nc(Cl)c3C2=O)c(OC)c1.O=[N+]([O-])c1cnc(Cl)nc1. The van der Waals surface area contributed by atoms with Crippen molar-refractivity contribution in [2.45, 2.75) is 143 Å². The molecule has 0 aliphatic carbocycles. The number of nitrogens with zero attached hydrogens (tertiary/aromatic N) is 18. The third-order valence-electron chi connectivity index (χ3n) is 18.7. The maximum Gasteiger partial charge on any atom is 0.328 e. The van der Waals surface area contributed by atoms with Crippen LogP contribution in [0.2, 0.25) is 10.4 Å². The van der Waals surface area contributed by atoms with Crippen LogP contribution < -0.4 is 30.4 Å². The Hall–Kier alpha value is -17.0. The predicted molar refractivity (Wildman–Crippen MR) is 501 cm³/mol. The average molecular weight is 2060 g/mol. The van der Waals surface area contributed by atoms with E-state index in [9.17, 15) is 85.7 Å². The van der Waals surface area contributed by atoms with Gasteiger partial charge in [-0.05, 0) is 128 Å². The van der Waals surface area contributed by atoms with Crippen molar-refractivity contribution in [3.8, 4) is 45.8 Å². The van der Waals surface area contributed by atoms with Crippen molar-refractivity contribution in [2.24, 2.45) is 0 Å². The van der Waals surface area contributed by atoms with Gasteiger partial charge in [0.05, 0.1) is 170 Å². The summed E-state index contributed by atoms with van der Waals surface area (Å²) in [5, 5.41) is 20.4. The van der Waals surface area contributed by atoms with Gasteiger partial charge in [0.1, 0.15) is 129 Å². The smallest absolute Gasteiger partial charge is 0.328 e. The first kappa shape index (κ1) is 115. The number of carbonyl (C=O) groups excluding carboxylic acids is 10. The van der Waals surface area contributed by atoms with Crippen molar-refractivity contribution in [3.63, 3.8) is 0 Å². The Morgan fingerprint density at radius 2 is 0.786 bits per heavy atom. The van der Waals surface area contributed by atoms with Crippen LogP contribution in [0.15, 0.2) is 135 Å². The van der Waals surface area contributed by atoms with Gasteiger partial charge in [0.15, 0.2) is 23.3 Å². The molecule has 0 spiro atoms. The first-order valence-electron chi connectivity index (χ1n) is 42.3. The zero-order chi connectivity index (χ0) is 108. The number of hydrogen-bond acceptors (Lipinski definition) is 42. The molecule has 11 aromatic rings. The number of anilines is 2. The minimum atomic E-state index is -1.49. The maximum absolute atomic E-state index is 14.7. The number of nitrogen functional groups attached to an aromatic ring is 2. The molecule has 2 aliphatic heterocycles. The fourth-order valence-corrected chi connectivity index (χ4v) is 12.5. The van der Waals surface area contributed by atoms with Crippen LogP contribution in [0.3, 0.4) is 0 Å². The van der Waals surface area contributed by atoms with Crippen molar-refractivity contribution in [3.05, 3.63) is 257 Å². The third-order valence-corrected chi connectivity index (χ3v) is 19.1. The van der Waals surface area contributed by atoms with Gasteiger partial charge in [0.25, 0.3) is 11.8 Å². The first-order valence-corrected chi connectivity index (χ1v) is 43.1. The van der Waals surface area contributed by atoms with Gasteiger partial charge in [0, 0.05) is 42.1 Å². The number of aromatic nitrogens is 14. The molecule has 768 valence electrons. The van der Waals surface area contributed by atoms with Crippen LogP contribution >= 0.6 is 23.2 Å². The lowest BCUT2D eigenvalue weighted by Crippen LogP contribution is -2.33. The Kier molecular flexibility index (Phi) is 42.1. The largest absolute Gasteiger partial charge is 0.497 e. The molecule has 9 heterocycles. The molecular weight excluding hydrogens is 1960 g/mol. The molecule has 0 radical (unpaired) electrons. The highest BCUT2D eigenvalue weighted by Crippen LogP contribution is 2.37. The van der Waals surface area contributed by atoms with Gasteiger partial charge in [-0.25, -0.2) is 87.3 Å². The summed E-state index contributed by atoms with van der Waals surface area (Å²) < 4.78 is 117. The fourth-order valence-electron chi connectivity index (χ4n) is 12.2. The Morgan fingerprint density at radius 1 is 0.428 bits per heavy atom. The van der Waals surface area contributed by atoms with E-state index in [1.54, 1.807) is 118 Å². The van der Waals surface area contributed by atoms with Crippen LogP contribution in [0.25, 0.3) is 22.8 Å². The summed E-state index contributed by atoms with van der Waals surface area (Å²) in [6.45, 7) is 15.8. The summed E-state index contributed by atoms with van der Waals surface area (Å²) in [6, 6.07) is 17.5. The lowest BCUT2D eigenvalue weighted by atomic mass is 10.1. The number of esters is 8. The molecule has 7 aromatic heterocycles. The Balaban J connectivity index is 0.000000243. The van der Waals surface area contributed by atoms with Gasteiger partial charge in [-0.2, -0.15) is 0 Å². The molecule has 0 saturated carbocycles. The zero-order valence-electron chi connectivity index (χ0n) is 81.1. The molecule has 46 nitrogen and oxygen atoms in total.